The number of halogens is 1. The van der Waals surface area contributed by atoms with Crippen LogP contribution in [0.2, 0.25) is 5.02 Å². The molecule has 2 N–H and O–H groups in total. The van der Waals surface area contributed by atoms with Gasteiger partial charge in [0.15, 0.2) is 0 Å². The molecule has 1 aromatic heterocycles. The molecule has 1 amide bonds. The van der Waals surface area contributed by atoms with Crippen molar-refractivity contribution in [2.24, 2.45) is 18.7 Å². The smallest absolute Gasteiger partial charge is 0.270 e. The lowest BCUT2D eigenvalue weighted by atomic mass is 9.99. The van der Waals surface area contributed by atoms with E-state index in [1.807, 2.05) is 11.9 Å². The quantitative estimate of drug-likeness (QED) is 0.911. The molecule has 0 bridgehead atoms. The van der Waals surface area contributed by atoms with E-state index < -0.39 is 0 Å². The summed E-state index contributed by atoms with van der Waals surface area (Å²) in [6.45, 7) is 3.55. The maximum atomic E-state index is 12.4. The third kappa shape index (κ3) is 2.54. The van der Waals surface area contributed by atoms with Crippen LogP contribution < -0.4 is 5.73 Å². The third-order valence-electron chi connectivity index (χ3n) is 3.63. The van der Waals surface area contributed by atoms with Crippen LogP contribution in [0, 0.1) is 5.92 Å². The standard InChI is InChI=1S/C13H20ClN3O/c1-3-4-9-6-17(8-11(9)15)13(18)12-5-10(14)7-16(12)2/h5,7,9,11H,3-4,6,8,15H2,1-2H3. The van der Waals surface area contributed by atoms with Crippen LogP contribution in [-0.2, 0) is 7.05 Å². The summed E-state index contributed by atoms with van der Waals surface area (Å²) < 4.78 is 1.77. The topological polar surface area (TPSA) is 51.3 Å². The van der Waals surface area contributed by atoms with Crippen molar-refractivity contribution in [3.05, 3.63) is 23.0 Å². The highest BCUT2D eigenvalue weighted by Gasteiger charge is 2.33. The Balaban J connectivity index is 2.09. The van der Waals surface area contributed by atoms with Crippen LogP contribution in [0.1, 0.15) is 30.3 Å². The number of aryl methyl sites for hydroxylation is 1. The van der Waals surface area contributed by atoms with Gasteiger partial charge in [-0.05, 0) is 18.4 Å². The molecule has 0 spiro atoms. The normalized spacial score (nSPS) is 23.7. The lowest BCUT2D eigenvalue weighted by Crippen LogP contribution is -2.33. The van der Waals surface area contributed by atoms with Gasteiger partial charge in [-0.15, -0.1) is 0 Å². The van der Waals surface area contributed by atoms with E-state index in [4.69, 9.17) is 17.3 Å². The minimum atomic E-state index is 0.0263. The lowest BCUT2D eigenvalue weighted by molar-refractivity contribution is 0.0776. The first kappa shape index (κ1) is 13.4. The number of carbonyl (C=O) groups is 1. The summed E-state index contributed by atoms with van der Waals surface area (Å²) in [4.78, 5) is 14.2. The average Bonchev–Trinajstić information content (AvgIpc) is 2.83. The van der Waals surface area contributed by atoms with Crippen LogP contribution >= 0.6 is 11.6 Å². The van der Waals surface area contributed by atoms with Gasteiger partial charge in [-0.25, -0.2) is 0 Å². The summed E-state index contributed by atoms with van der Waals surface area (Å²) in [5.41, 5.74) is 6.72. The number of nitrogens with two attached hydrogens (primary N) is 1. The molecular weight excluding hydrogens is 250 g/mol. The number of carbonyl (C=O) groups excluding carboxylic acids is 1. The summed E-state index contributed by atoms with van der Waals surface area (Å²) in [5.74, 6) is 0.452. The van der Waals surface area contributed by atoms with Crippen molar-refractivity contribution < 1.29 is 4.79 Å². The van der Waals surface area contributed by atoms with Gasteiger partial charge < -0.3 is 15.2 Å². The van der Waals surface area contributed by atoms with Crippen molar-refractivity contribution in [3.63, 3.8) is 0 Å². The van der Waals surface area contributed by atoms with Crippen LogP contribution in [0.15, 0.2) is 12.3 Å². The Morgan fingerprint density at radius 1 is 1.56 bits per heavy atom. The fourth-order valence-electron chi connectivity index (χ4n) is 2.64. The first-order valence-corrected chi connectivity index (χ1v) is 6.77. The van der Waals surface area contributed by atoms with E-state index in [1.165, 1.54) is 0 Å². The fraction of sp³-hybridized carbons (Fsp3) is 0.615. The van der Waals surface area contributed by atoms with E-state index in [-0.39, 0.29) is 11.9 Å². The molecule has 5 heteroatoms. The second kappa shape index (κ2) is 5.33. The number of amides is 1. The van der Waals surface area contributed by atoms with Gasteiger partial charge in [-0.3, -0.25) is 4.79 Å². The van der Waals surface area contributed by atoms with Crippen molar-refractivity contribution in [1.29, 1.82) is 0 Å². The highest BCUT2D eigenvalue weighted by molar-refractivity contribution is 6.31. The molecule has 1 aliphatic rings. The monoisotopic (exact) mass is 269 g/mol. The maximum Gasteiger partial charge on any atom is 0.270 e. The molecule has 0 aliphatic carbocycles. The lowest BCUT2D eigenvalue weighted by Gasteiger charge is -2.16. The van der Waals surface area contributed by atoms with Crippen molar-refractivity contribution in [2.75, 3.05) is 13.1 Å². The SMILES string of the molecule is CCCC1CN(C(=O)c2cc(Cl)cn2C)CC1N. The van der Waals surface area contributed by atoms with E-state index in [2.05, 4.69) is 6.92 Å². The van der Waals surface area contributed by atoms with Crippen LogP contribution in [0.4, 0.5) is 0 Å². The van der Waals surface area contributed by atoms with E-state index in [0.29, 0.717) is 23.2 Å². The van der Waals surface area contributed by atoms with E-state index in [1.54, 1.807) is 16.8 Å². The predicted octanol–water partition coefficient (Wildman–Crippen LogP) is 1.88. The minimum absolute atomic E-state index is 0.0263. The highest BCUT2D eigenvalue weighted by atomic mass is 35.5. The van der Waals surface area contributed by atoms with Gasteiger partial charge in [0.1, 0.15) is 5.69 Å². The summed E-state index contributed by atoms with van der Waals surface area (Å²) in [5, 5.41) is 0.592. The van der Waals surface area contributed by atoms with Gasteiger partial charge >= 0.3 is 0 Å². The zero-order valence-corrected chi connectivity index (χ0v) is 11.7. The molecule has 1 aromatic rings. The van der Waals surface area contributed by atoms with Crippen LogP contribution in [0.3, 0.4) is 0 Å². The van der Waals surface area contributed by atoms with Gasteiger partial charge in [0.2, 0.25) is 0 Å². The number of nitrogens with zero attached hydrogens (tertiary/aromatic N) is 2. The van der Waals surface area contributed by atoms with Crippen molar-refractivity contribution in [3.8, 4) is 0 Å². The highest BCUT2D eigenvalue weighted by Crippen LogP contribution is 2.23. The first-order chi connectivity index (χ1) is 8.52. The Hall–Kier alpha value is -1.00. The number of aromatic nitrogens is 1. The summed E-state index contributed by atoms with van der Waals surface area (Å²) >= 11 is 5.91. The predicted molar refractivity (Wildman–Crippen MR) is 72.7 cm³/mol. The zero-order valence-electron chi connectivity index (χ0n) is 10.9. The molecular formula is C13H20ClN3O. The van der Waals surface area contributed by atoms with Gasteiger partial charge in [-0.1, -0.05) is 24.9 Å². The maximum absolute atomic E-state index is 12.4. The number of likely N-dealkylation sites (tertiary alicyclic amines) is 1. The molecule has 0 saturated carbocycles. The zero-order chi connectivity index (χ0) is 13.3. The van der Waals surface area contributed by atoms with Gasteiger partial charge in [0.05, 0.1) is 5.02 Å². The molecule has 100 valence electrons. The molecule has 2 atom stereocenters. The molecule has 18 heavy (non-hydrogen) atoms. The Bertz CT molecular complexity index is 443. The van der Waals surface area contributed by atoms with Crippen molar-refractivity contribution in [2.45, 2.75) is 25.8 Å². The van der Waals surface area contributed by atoms with Gasteiger partial charge in [0, 0.05) is 32.4 Å². The molecule has 0 radical (unpaired) electrons. The summed E-state index contributed by atoms with van der Waals surface area (Å²) in [6, 6.07) is 1.81. The molecule has 4 nitrogen and oxygen atoms in total. The van der Waals surface area contributed by atoms with Gasteiger partial charge in [-0.2, -0.15) is 0 Å². The Morgan fingerprint density at radius 2 is 2.28 bits per heavy atom. The molecule has 0 aromatic carbocycles. The first-order valence-electron chi connectivity index (χ1n) is 6.39. The average molecular weight is 270 g/mol. The second-order valence-electron chi connectivity index (χ2n) is 5.08. The molecule has 1 aliphatic heterocycles. The molecule has 1 fully saturated rings. The summed E-state index contributed by atoms with van der Waals surface area (Å²) in [7, 11) is 1.83. The van der Waals surface area contributed by atoms with E-state index in [0.717, 1.165) is 19.4 Å². The van der Waals surface area contributed by atoms with E-state index in [9.17, 15) is 4.79 Å². The molecule has 2 heterocycles. The van der Waals surface area contributed by atoms with Gasteiger partial charge in [0.25, 0.3) is 5.91 Å². The molecule has 1 saturated heterocycles. The van der Waals surface area contributed by atoms with Crippen LogP contribution in [0.25, 0.3) is 0 Å². The van der Waals surface area contributed by atoms with Crippen LogP contribution in [-0.4, -0.2) is 34.5 Å². The van der Waals surface area contributed by atoms with Crippen molar-refractivity contribution in [1.82, 2.24) is 9.47 Å². The Morgan fingerprint density at radius 3 is 2.83 bits per heavy atom. The fourth-order valence-corrected chi connectivity index (χ4v) is 2.89. The van der Waals surface area contributed by atoms with Crippen LogP contribution in [0.5, 0.6) is 0 Å². The largest absolute Gasteiger partial charge is 0.345 e. The minimum Gasteiger partial charge on any atom is -0.345 e. The summed E-state index contributed by atoms with van der Waals surface area (Å²) in [6.07, 6.45) is 3.93. The molecule has 2 rings (SSSR count). The third-order valence-corrected chi connectivity index (χ3v) is 3.84. The Kier molecular flexibility index (Phi) is 3.97. The van der Waals surface area contributed by atoms with E-state index >= 15 is 0 Å². The second-order valence-corrected chi connectivity index (χ2v) is 5.51. The number of hydrogen-bond acceptors (Lipinski definition) is 2. The number of rotatable bonds is 3. The Labute approximate surface area is 113 Å². The van der Waals surface area contributed by atoms with Crippen molar-refractivity contribution >= 4 is 17.5 Å². The molecule has 2 unspecified atom stereocenters. The number of hydrogen-bond donors (Lipinski definition) is 1.